The third-order valence-electron chi connectivity index (χ3n) is 8.39. The Balaban J connectivity index is 1.02. The van der Waals surface area contributed by atoms with Crippen molar-refractivity contribution in [1.29, 1.82) is 0 Å². The zero-order valence-electron chi connectivity index (χ0n) is 18.8. The molecule has 6 heteroatoms. The lowest BCUT2D eigenvalue weighted by molar-refractivity contribution is -0.134. The van der Waals surface area contributed by atoms with Crippen LogP contribution in [0.3, 0.4) is 0 Å². The first-order valence-corrected chi connectivity index (χ1v) is 12.3. The van der Waals surface area contributed by atoms with Crippen LogP contribution in [0.2, 0.25) is 0 Å². The molecule has 2 aliphatic carbocycles. The number of nitrogens with zero attached hydrogens (tertiary/aromatic N) is 5. The van der Waals surface area contributed by atoms with Gasteiger partial charge in [0.1, 0.15) is 6.33 Å². The fourth-order valence-electron chi connectivity index (χ4n) is 6.63. The number of carbonyl (C=O) groups is 1. The molecule has 2 saturated carbocycles. The highest BCUT2D eigenvalue weighted by molar-refractivity contribution is 5.78. The van der Waals surface area contributed by atoms with Crippen molar-refractivity contribution >= 4 is 5.91 Å². The lowest BCUT2D eigenvalue weighted by atomic mass is 9.93. The molecule has 0 radical (unpaired) electrons. The summed E-state index contributed by atoms with van der Waals surface area (Å²) in [4.78, 5) is 28.4. The number of aromatic nitrogens is 2. The van der Waals surface area contributed by atoms with Crippen LogP contribution in [-0.2, 0) is 17.8 Å². The van der Waals surface area contributed by atoms with Crippen LogP contribution < -0.4 is 0 Å². The van der Waals surface area contributed by atoms with E-state index in [0.717, 1.165) is 69.1 Å². The largest absolute Gasteiger partial charge is 0.339 e. The maximum atomic E-state index is 13.0. The molecule has 168 valence electrons. The number of piperazine rings is 1. The smallest absolute Gasteiger partial charge is 0.236 e. The molecule has 2 bridgehead atoms. The van der Waals surface area contributed by atoms with Gasteiger partial charge in [-0.1, -0.05) is 24.6 Å². The van der Waals surface area contributed by atoms with Crippen molar-refractivity contribution in [2.45, 2.75) is 44.7 Å². The van der Waals surface area contributed by atoms with E-state index in [0.29, 0.717) is 12.5 Å². The van der Waals surface area contributed by atoms with Crippen LogP contribution in [0.5, 0.6) is 0 Å². The molecule has 2 aromatic rings. The van der Waals surface area contributed by atoms with E-state index in [1.54, 1.807) is 6.33 Å². The summed E-state index contributed by atoms with van der Waals surface area (Å²) in [6.45, 7) is 6.28. The Morgan fingerprint density at radius 1 is 0.938 bits per heavy atom. The van der Waals surface area contributed by atoms with Gasteiger partial charge in [0.25, 0.3) is 0 Å². The molecule has 1 saturated heterocycles. The van der Waals surface area contributed by atoms with E-state index in [-0.39, 0.29) is 0 Å². The first kappa shape index (κ1) is 20.3. The highest BCUT2D eigenvalue weighted by Crippen LogP contribution is 2.46. The highest BCUT2D eigenvalue weighted by atomic mass is 16.2. The van der Waals surface area contributed by atoms with E-state index in [4.69, 9.17) is 0 Å². The normalized spacial score (nSPS) is 28.1. The van der Waals surface area contributed by atoms with Gasteiger partial charge in [-0.25, -0.2) is 9.97 Å². The Hall–Kier alpha value is -2.31. The van der Waals surface area contributed by atoms with Gasteiger partial charge < -0.3 is 4.90 Å². The van der Waals surface area contributed by atoms with Gasteiger partial charge in [0.05, 0.1) is 6.54 Å². The van der Waals surface area contributed by atoms with Gasteiger partial charge in [-0.05, 0) is 54.2 Å². The summed E-state index contributed by atoms with van der Waals surface area (Å²) < 4.78 is 0. The predicted molar refractivity (Wildman–Crippen MR) is 124 cm³/mol. The van der Waals surface area contributed by atoms with Crippen molar-refractivity contribution in [1.82, 2.24) is 24.7 Å². The number of benzene rings is 1. The highest BCUT2D eigenvalue weighted by Gasteiger charge is 2.43. The molecule has 6 nitrogen and oxygen atoms in total. The van der Waals surface area contributed by atoms with E-state index in [2.05, 4.69) is 42.9 Å². The molecule has 1 aromatic heterocycles. The van der Waals surface area contributed by atoms with Crippen LogP contribution in [0.15, 0.2) is 36.9 Å². The van der Waals surface area contributed by atoms with Crippen LogP contribution in [-0.4, -0.2) is 75.9 Å². The topological polar surface area (TPSA) is 52.6 Å². The Bertz CT molecular complexity index is 971. The summed E-state index contributed by atoms with van der Waals surface area (Å²) in [7, 11) is 0. The molecule has 0 N–H and O–H groups in total. The summed E-state index contributed by atoms with van der Waals surface area (Å²) in [5.41, 5.74) is 4.94. The van der Waals surface area contributed by atoms with Gasteiger partial charge in [-0.2, -0.15) is 0 Å². The molecule has 0 spiro atoms. The van der Waals surface area contributed by atoms with E-state index in [1.165, 1.54) is 42.4 Å². The maximum absolute atomic E-state index is 13.0. The van der Waals surface area contributed by atoms with Crippen LogP contribution in [0.4, 0.5) is 0 Å². The van der Waals surface area contributed by atoms with Crippen molar-refractivity contribution < 1.29 is 4.79 Å². The summed E-state index contributed by atoms with van der Waals surface area (Å²) in [6.07, 6.45) is 12.0. The standard InChI is InChI=1S/C26H33N5O/c32-26(31-9-7-30(8-10-31)25-12-19-1-2-22(25)11-19)17-29-6-5-21-13-20(3-4-23(21)16-29)24-14-27-18-28-15-24/h3-4,13-15,18-19,22,25H,1-2,5-12,16-17H2. The second kappa shape index (κ2) is 8.56. The molecular formula is C26H33N5O. The second-order valence-electron chi connectivity index (χ2n) is 10.2. The average Bonchev–Trinajstić information content (AvgIpc) is 3.48. The summed E-state index contributed by atoms with van der Waals surface area (Å²) in [5.74, 6) is 2.23. The lowest BCUT2D eigenvalue weighted by Crippen LogP contribution is -2.54. The minimum atomic E-state index is 0.305. The molecule has 1 amide bonds. The number of rotatable bonds is 4. The van der Waals surface area contributed by atoms with E-state index >= 15 is 0 Å². The fourth-order valence-corrected chi connectivity index (χ4v) is 6.63. The Morgan fingerprint density at radius 2 is 1.78 bits per heavy atom. The SMILES string of the molecule is O=C(CN1CCc2cc(-c3cncnc3)ccc2C1)N1CCN(C2CC3CCC2C3)CC1. The molecule has 3 fully saturated rings. The molecule has 1 aromatic carbocycles. The van der Waals surface area contributed by atoms with E-state index in [1.807, 2.05) is 12.4 Å². The number of fused-ring (bicyclic) bond motifs is 3. The maximum Gasteiger partial charge on any atom is 0.236 e. The Morgan fingerprint density at radius 3 is 2.53 bits per heavy atom. The van der Waals surface area contributed by atoms with E-state index < -0.39 is 0 Å². The summed E-state index contributed by atoms with van der Waals surface area (Å²) >= 11 is 0. The van der Waals surface area contributed by atoms with Crippen LogP contribution in [0.25, 0.3) is 11.1 Å². The first-order chi connectivity index (χ1) is 15.7. The quantitative estimate of drug-likeness (QED) is 0.745. The fraction of sp³-hybridized carbons (Fsp3) is 0.577. The lowest BCUT2D eigenvalue weighted by Gasteiger charge is -2.41. The van der Waals surface area contributed by atoms with Gasteiger partial charge >= 0.3 is 0 Å². The van der Waals surface area contributed by atoms with Crippen molar-refractivity contribution in [3.05, 3.63) is 48.0 Å². The van der Waals surface area contributed by atoms with Crippen molar-refractivity contribution in [3.63, 3.8) is 0 Å². The molecule has 2 aliphatic heterocycles. The first-order valence-electron chi connectivity index (χ1n) is 12.3. The van der Waals surface area contributed by atoms with Crippen LogP contribution in [0, 0.1) is 11.8 Å². The number of carbonyl (C=O) groups excluding carboxylic acids is 1. The van der Waals surface area contributed by atoms with Crippen molar-refractivity contribution in [2.75, 3.05) is 39.3 Å². The second-order valence-corrected chi connectivity index (χ2v) is 10.2. The molecular weight excluding hydrogens is 398 g/mol. The van der Waals surface area contributed by atoms with Crippen molar-refractivity contribution in [3.8, 4) is 11.1 Å². The van der Waals surface area contributed by atoms with Gasteiger partial charge in [-0.3, -0.25) is 14.6 Å². The number of amides is 1. The average molecular weight is 432 g/mol. The van der Waals surface area contributed by atoms with Crippen LogP contribution >= 0.6 is 0 Å². The number of hydrogen-bond donors (Lipinski definition) is 0. The zero-order chi connectivity index (χ0) is 21.5. The van der Waals surface area contributed by atoms with Gasteiger partial charge in [0.2, 0.25) is 5.91 Å². The third-order valence-corrected chi connectivity index (χ3v) is 8.39. The van der Waals surface area contributed by atoms with Gasteiger partial charge in [-0.15, -0.1) is 0 Å². The van der Waals surface area contributed by atoms with Crippen LogP contribution in [0.1, 0.15) is 36.8 Å². The summed E-state index contributed by atoms with van der Waals surface area (Å²) in [5, 5.41) is 0. The summed E-state index contributed by atoms with van der Waals surface area (Å²) in [6, 6.07) is 7.43. The van der Waals surface area contributed by atoms with Gasteiger partial charge in [0.15, 0.2) is 0 Å². The predicted octanol–water partition coefficient (Wildman–Crippen LogP) is 2.83. The minimum Gasteiger partial charge on any atom is -0.339 e. The zero-order valence-corrected chi connectivity index (χ0v) is 18.8. The molecule has 6 rings (SSSR count). The molecule has 32 heavy (non-hydrogen) atoms. The molecule has 4 aliphatic rings. The minimum absolute atomic E-state index is 0.305. The van der Waals surface area contributed by atoms with Gasteiger partial charge in [0, 0.05) is 63.3 Å². The van der Waals surface area contributed by atoms with E-state index in [9.17, 15) is 4.79 Å². The Kier molecular flexibility index (Phi) is 5.43. The Labute approximate surface area is 190 Å². The van der Waals surface area contributed by atoms with Crippen molar-refractivity contribution in [2.24, 2.45) is 11.8 Å². The molecule has 3 atom stereocenters. The molecule has 3 heterocycles. The monoisotopic (exact) mass is 431 g/mol. The number of hydrogen-bond acceptors (Lipinski definition) is 5. The molecule has 3 unspecified atom stereocenters. The third kappa shape index (κ3) is 3.95.